The molecule has 2 heterocycles. The zero-order chi connectivity index (χ0) is 26.2. The normalized spacial score (nSPS) is 11.1. The smallest absolute Gasteiger partial charge is 0.250 e. The summed E-state index contributed by atoms with van der Waals surface area (Å²) in [7, 11) is 0. The van der Waals surface area contributed by atoms with Crippen LogP contribution in [-0.2, 0) is 4.79 Å². The summed E-state index contributed by atoms with van der Waals surface area (Å²) in [6, 6.07) is 16.9. The lowest BCUT2D eigenvalue weighted by atomic mass is 10.2. The molecule has 0 aliphatic heterocycles. The minimum atomic E-state index is -0.309. The first-order valence-corrected chi connectivity index (χ1v) is 13.4. The Morgan fingerprint density at radius 1 is 1.11 bits per heavy atom. The summed E-state index contributed by atoms with van der Waals surface area (Å²) >= 11 is 4.71. The number of nitrogens with zero attached hydrogens (tertiary/aromatic N) is 6. The van der Waals surface area contributed by atoms with E-state index in [0.29, 0.717) is 16.5 Å². The fourth-order valence-electron chi connectivity index (χ4n) is 3.64. The van der Waals surface area contributed by atoms with Crippen molar-refractivity contribution in [1.29, 1.82) is 0 Å². The number of benzene rings is 2. The fourth-order valence-corrected chi connectivity index (χ4v) is 4.65. The molecule has 0 spiro atoms. The molecule has 0 saturated heterocycles. The minimum Gasteiger partial charge on any atom is -0.507 e. The molecule has 4 aromatic rings. The number of hydrazone groups is 1. The van der Waals surface area contributed by atoms with E-state index in [9.17, 15) is 9.90 Å². The Morgan fingerprint density at radius 3 is 2.51 bits per heavy atom. The number of aromatic hydroxyl groups is 1. The van der Waals surface area contributed by atoms with Gasteiger partial charge in [-0.15, -0.1) is 10.2 Å². The molecule has 2 aromatic carbocycles. The molecule has 4 rings (SSSR count). The summed E-state index contributed by atoms with van der Waals surface area (Å²) in [5, 5.41) is 23.6. The molecule has 2 aromatic heterocycles. The van der Waals surface area contributed by atoms with Crippen molar-refractivity contribution in [3.05, 3.63) is 77.0 Å². The molecule has 0 atom stereocenters. The van der Waals surface area contributed by atoms with E-state index < -0.39 is 0 Å². The number of phenolic OH excluding ortho intramolecular Hbond substituents is 1. The van der Waals surface area contributed by atoms with Gasteiger partial charge in [0.25, 0.3) is 5.91 Å². The second-order valence-electron chi connectivity index (χ2n) is 7.85. The standard InChI is InChI=1S/C26H26BrN7O2S/c1-3-33(4-2)22-8-5-19(23(35)15-22)16-29-30-24(36)17-37-26-32-31-25(18-11-13-28-14-12-18)34(26)21-9-6-20(27)7-10-21/h5-16,35H,3-4,17H2,1-2H3,(H,30,36)/b29-16-. The maximum Gasteiger partial charge on any atom is 0.250 e. The molecule has 0 radical (unpaired) electrons. The number of phenols is 1. The van der Waals surface area contributed by atoms with Crippen LogP contribution in [-0.4, -0.2) is 55.8 Å². The van der Waals surface area contributed by atoms with Gasteiger partial charge in [0.1, 0.15) is 5.75 Å². The Hall–Kier alpha value is -3.70. The van der Waals surface area contributed by atoms with Crippen molar-refractivity contribution in [2.24, 2.45) is 5.10 Å². The van der Waals surface area contributed by atoms with Gasteiger partial charge in [-0.3, -0.25) is 14.3 Å². The first kappa shape index (κ1) is 26.4. The second kappa shape index (κ2) is 12.5. The van der Waals surface area contributed by atoms with Crippen LogP contribution in [0.1, 0.15) is 19.4 Å². The predicted octanol–water partition coefficient (Wildman–Crippen LogP) is 4.89. The van der Waals surface area contributed by atoms with Gasteiger partial charge in [-0.05, 0) is 62.4 Å². The number of halogens is 1. The van der Waals surface area contributed by atoms with E-state index in [-0.39, 0.29) is 17.4 Å². The van der Waals surface area contributed by atoms with Gasteiger partial charge in [0.2, 0.25) is 0 Å². The first-order chi connectivity index (χ1) is 18.0. The van der Waals surface area contributed by atoms with E-state index in [1.165, 1.54) is 18.0 Å². The van der Waals surface area contributed by atoms with Gasteiger partial charge in [-0.25, -0.2) is 5.43 Å². The molecule has 0 aliphatic carbocycles. The molecular formula is C26H26BrN7O2S. The van der Waals surface area contributed by atoms with E-state index in [1.807, 2.05) is 47.0 Å². The Labute approximate surface area is 227 Å². The molecule has 190 valence electrons. The molecule has 0 unspecified atom stereocenters. The first-order valence-electron chi connectivity index (χ1n) is 11.6. The largest absolute Gasteiger partial charge is 0.507 e. The molecule has 0 fully saturated rings. The summed E-state index contributed by atoms with van der Waals surface area (Å²) in [4.78, 5) is 18.7. The van der Waals surface area contributed by atoms with E-state index in [4.69, 9.17) is 0 Å². The van der Waals surface area contributed by atoms with Crippen LogP contribution in [0.2, 0.25) is 0 Å². The summed E-state index contributed by atoms with van der Waals surface area (Å²) in [5.74, 6) is 0.517. The predicted molar refractivity (Wildman–Crippen MR) is 150 cm³/mol. The van der Waals surface area contributed by atoms with Crippen LogP contribution in [0.25, 0.3) is 17.1 Å². The number of thioether (sulfide) groups is 1. The molecule has 37 heavy (non-hydrogen) atoms. The lowest BCUT2D eigenvalue weighted by Gasteiger charge is -2.21. The van der Waals surface area contributed by atoms with Gasteiger partial charge in [-0.2, -0.15) is 5.10 Å². The number of amides is 1. The van der Waals surface area contributed by atoms with Crippen LogP contribution in [0, 0.1) is 0 Å². The third kappa shape index (κ3) is 6.55. The van der Waals surface area contributed by atoms with Crippen LogP contribution in [0.3, 0.4) is 0 Å². The van der Waals surface area contributed by atoms with Crippen molar-refractivity contribution in [1.82, 2.24) is 25.2 Å². The number of carbonyl (C=O) groups is 1. The maximum atomic E-state index is 12.5. The number of rotatable bonds is 10. The monoisotopic (exact) mass is 579 g/mol. The van der Waals surface area contributed by atoms with Crippen molar-refractivity contribution in [3.8, 4) is 22.8 Å². The Bertz CT molecular complexity index is 1370. The molecule has 0 bridgehead atoms. The summed E-state index contributed by atoms with van der Waals surface area (Å²) in [6.45, 7) is 5.81. The van der Waals surface area contributed by atoms with Gasteiger partial charge in [0.15, 0.2) is 11.0 Å². The van der Waals surface area contributed by atoms with Crippen LogP contribution in [0.5, 0.6) is 5.75 Å². The van der Waals surface area contributed by atoms with Crippen LogP contribution >= 0.6 is 27.7 Å². The van der Waals surface area contributed by atoms with Crippen LogP contribution in [0.15, 0.2) is 81.7 Å². The van der Waals surface area contributed by atoms with E-state index >= 15 is 0 Å². The van der Waals surface area contributed by atoms with Gasteiger partial charge in [-0.1, -0.05) is 27.7 Å². The minimum absolute atomic E-state index is 0.0786. The lowest BCUT2D eigenvalue weighted by molar-refractivity contribution is -0.118. The van der Waals surface area contributed by atoms with Gasteiger partial charge < -0.3 is 10.0 Å². The van der Waals surface area contributed by atoms with Gasteiger partial charge >= 0.3 is 0 Å². The highest BCUT2D eigenvalue weighted by molar-refractivity contribution is 9.10. The van der Waals surface area contributed by atoms with E-state index in [1.54, 1.807) is 24.5 Å². The van der Waals surface area contributed by atoms with Crippen LogP contribution < -0.4 is 10.3 Å². The molecule has 11 heteroatoms. The van der Waals surface area contributed by atoms with Crippen LogP contribution in [0.4, 0.5) is 5.69 Å². The van der Waals surface area contributed by atoms with Crippen molar-refractivity contribution < 1.29 is 9.90 Å². The van der Waals surface area contributed by atoms with Crippen molar-refractivity contribution >= 4 is 45.5 Å². The second-order valence-corrected chi connectivity index (χ2v) is 9.71. The zero-order valence-corrected chi connectivity index (χ0v) is 22.8. The van der Waals surface area contributed by atoms with Crippen molar-refractivity contribution in [2.45, 2.75) is 19.0 Å². The highest BCUT2D eigenvalue weighted by Crippen LogP contribution is 2.28. The number of pyridine rings is 1. The quantitative estimate of drug-likeness (QED) is 0.156. The third-order valence-electron chi connectivity index (χ3n) is 5.52. The third-order valence-corrected chi connectivity index (χ3v) is 6.98. The number of nitrogens with one attached hydrogen (secondary N) is 1. The maximum absolute atomic E-state index is 12.5. The van der Waals surface area contributed by atoms with E-state index in [0.717, 1.165) is 34.5 Å². The van der Waals surface area contributed by atoms with Gasteiger partial charge in [0.05, 0.1) is 12.0 Å². The molecule has 0 aliphatic rings. The molecule has 2 N–H and O–H groups in total. The molecular weight excluding hydrogens is 554 g/mol. The number of hydrogen-bond donors (Lipinski definition) is 2. The molecule has 1 amide bonds. The highest BCUT2D eigenvalue weighted by Gasteiger charge is 2.17. The number of hydrogen-bond acceptors (Lipinski definition) is 8. The Balaban J connectivity index is 1.44. The summed E-state index contributed by atoms with van der Waals surface area (Å²) in [6.07, 6.45) is 4.82. The zero-order valence-electron chi connectivity index (χ0n) is 20.4. The molecule has 9 nitrogen and oxygen atoms in total. The summed E-state index contributed by atoms with van der Waals surface area (Å²) < 4.78 is 2.85. The number of anilines is 1. The lowest BCUT2D eigenvalue weighted by Crippen LogP contribution is -2.21. The Kier molecular flexibility index (Phi) is 8.91. The average molecular weight is 581 g/mol. The SMILES string of the molecule is CCN(CC)c1ccc(/C=N\NC(=O)CSc2nnc(-c3ccncc3)n2-c2ccc(Br)cc2)c(O)c1. The topological polar surface area (TPSA) is 109 Å². The Morgan fingerprint density at radius 2 is 1.84 bits per heavy atom. The highest BCUT2D eigenvalue weighted by atomic mass is 79.9. The molecule has 0 saturated carbocycles. The fraction of sp³-hybridized carbons (Fsp3) is 0.192. The average Bonchev–Trinajstić information content (AvgIpc) is 3.34. The summed E-state index contributed by atoms with van der Waals surface area (Å²) in [5.41, 5.74) is 5.68. The van der Waals surface area contributed by atoms with Crippen molar-refractivity contribution in [2.75, 3.05) is 23.7 Å². The number of aromatic nitrogens is 4. The number of carbonyl (C=O) groups excluding carboxylic acids is 1. The van der Waals surface area contributed by atoms with Gasteiger partial charge in [0, 0.05) is 58.5 Å². The van der Waals surface area contributed by atoms with Crippen molar-refractivity contribution in [3.63, 3.8) is 0 Å². The van der Waals surface area contributed by atoms with E-state index in [2.05, 4.69) is 60.4 Å².